The van der Waals surface area contributed by atoms with Gasteiger partial charge in [-0.15, -0.1) is 0 Å². The van der Waals surface area contributed by atoms with E-state index in [1.807, 2.05) is 0 Å². The van der Waals surface area contributed by atoms with Gasteiger partial charge in [0.25, 0.3) is 0 Å². The number of anilines is 1. The highest BCUT2D eigenvalue weighted by Crippen LogP contribution is 2.36. The summed E-state index contributed by atoms with van der Waals surface area (Å²) in [5.74, 6) is 0. The lowest BCUT2D eigenvalue weighted by Crippen LogP contribution is -2.53. The summed E-state index contributed by atoms with van der Waals surface area (Å²) < 4.78 is 0. The molecular formula is C19H24N2. The standard InChI is InChI=1S/C19H24N2/c1-3-15-8-10-18(11-9-15)21(2)19(14-20)12-16-6-4-5-7-17(16)13-19/h4-11H,3,12-14,20H2,1-2H3. The average Bonchev–Trinajstić information content (AvgIpc) is 2.94. The van der Waals surface area contributed by atoms with E-state index < -0.39 is 0 Å². The molecule has 2 aromatic carbocycles. The number of nitrogens with zero attached hydrogens (tertiary/aromatic N) is 1. The molecule has 0 heterocycles. The van der Waals surface area contributed by atoms with E-state index in [9.17, 15) is 0 Å². The van der Waals surface area contributed by atoms with Gasteiger partial charge in [-0.05, 0) is 48.1 Å². The summed E-state index contributed by atoms with van der Waals surface area (Å²) in [5, 5.41) is 0. The van der Waals surface area contributed by atoms with E-state index in [4.69, 9.17) is 5.73 Å². The molecule has 0 aromatic heterocycles. The predicted molar refractivity (Wildman–Crippen MR) is 89.9 cm³/mol. The first-order valence-electron chi connectivity index (χ1n) is 7.78. The maximum absolute atomic E-state index is 6.20. The van der Waals surface area contributed by atoms with Crippen LogP contribution < -0.4 is 10.6 Å². The fourth-order valence-electron chi connectivity index (χ4n) is 3.42. The second-order valence-electron chi connectivity index (χ2n) is 6.13. The molecule has 0 saturated heterocycles. The van der Waals surface area contributed by atoms with Gasteiger partial charge in [-0.25, -0.2) is 0 Å². The van der Waals surface area contributed by atoms with E-state index in [1.165, 1.54) is 22.4 Å². The van der Waals surface area contributed by atoms with Crippen LogP contribution in [0.3, 0.4) is 0 Å². The van der Waals surface area contributed by atoms with Crippen molar-refractivity contribution in [1.29, 1.82) is 0 Å². The number of benzene rings is 2. The predicted octanol–water partition coefficient (Wildman–Crippen LogP) is 3.18. The molecule has 0 bridgehead atoms. The third kappa shape index (κ3) is 2.44. The van der Waals surface area contributed by atoms with Crippen LogP contribution in [0.4, 0.5) is 5.69 Å². The Hall–Kier alpha value is -1.80. The Morgan fingerprint density at radius 1 is 1.00 bits per heavy atom. The van der Waals surface area contributed by atoms with Gasteiger partial charge in [0.2, 0.25) is 0 Å². The number of fused-ring (bicyclic) bond motifs is 1. The lowest BCUT2D eigenvalue weighted by Gasteiger charge is -2.40. The van der Waals surface area contributed by atoms with Crippen LogP contribution in [-0.4, -0.2) is 19.1 Å². The van der Waals surface area contributed by atoms with Crippen molar-refractivity contribution in [3.63, 3.8) is 0 Å². The van der Waals surface area contributed by atoms with Crippen molar-refractivity contribution in [1.82, 2.24) is 0 Å². The van der Waals surface area contributed by atoms with Crippen molar-refractivity contribution in [2.45, 2.75) is 31.7 Å². The fourth-order valence-corrected chi connectivity index (χ4v) is 3.42. The summed E-state index contributed by atoms with van der Waals surface area (Å²) >= 11 is 0. The molecule has 0 unspecified atom stereocenters. The molecule has 2 heteroatoms. The molecule has 21 heavy (non-hydrogen) atoms. The van der Waals surface area contributed by atoms with Gasteiger partial charge in [0.05, 0.1) is 5.54 Å². The van der Waals surface area contributed by atoms with Crippen LogP contribution in [0, 0.1) is 0 Å². The number of nitrogens with two attached hydrogens (primary N) is 1. The molecule has 0 saturated carbocycles. The summed E-state index contributed by atoms with van der Waals surface area (Å²) in [6.07, 6.45) is 3.15. The van der Waals surface area contributed by atoms with Gasteiger partial charge in [-0.1, -0.05) is 43.3 Å². The minimum Gasteiger partial charge on any atom is -0.367 e. The van der Waals surface area contributed by atoms with Gasteiger partial charge in [-0.3, -0.25) is 0 Å². The molecule has 0 radical (unpaired) electrons. The van der Waals surface area contributed by atoms with Crippen molar-refractivity contribution in [2.24, 2.45) is 5.73 Å². The zero-order valence-corrected chi connectivity index (χ0v) is 13.0. The van der Waals surface area contributed by atoms with E-state index in [2.05, 4.69) is 67.4 Å². The second-order valence-corrected chi connectivity index (χ2v) is 6.13. The van der Waals surface area contributed by atoms with Crippen molar-refractivity contribution in [2.75, 3.05) is 18.5 Å². The Bertz CT molecular complexity index is 591. The molecule has 0 fully saturated rings. The number of hydrogen-bond donors (Lipinski definition) is 1. The number of rotatable bonds is 4. The number of hydrogen-bond acceptors (Lipinski definition) is 2. The highest BCUT2D eigenvalue weighted by atomic mass is 15.2. The minimum absolute atomic E-state index is 0.0113. The van der Waals surface area contributed by atoms with E-state index in [0.717, 1.165) is 19.3 Å². The Balaban J connectivity index is 1.90. The summed E-state index contributed by atoms with van der Waals surface area (Å²) in [6.45, 7) is 2.86. The first kappa shape index (κ1) is 14.2. The first-order chi connectivity index (χ1) is 10.2. The van der Waals surface area contributed by atoms with E-state index in [0.29, 0.717) is 6.54 Å². The van der Waals surface area contributed by atoms with E-state index >= 15 is 0 Å². The quantitative estimate of drug-likeness (QED) is 0.932. The van der Waals surface area contributed by atoms with Gasteiger partial charge in [0.15, 0.2) is 0 Å². The first-order valence-corrected chi connectivity index (χ1v) is 7.78. The van der Waals surface area contributed by atoms with Crippen LogP contribution in [0.5, 0.6) is 0 Å². The molecule has 0 amide bonds. The number of aryl methyl sites for hydroxylation is 1. The summed E-state index contributed by atoms with van der Waals surface area (Å²) in [5.41, 5.74) is 11.7. The minimum atomic E-state index is 0.0113. The third-order valence-electron chi connectivity index (χ3n) is 4.98. The van der Waals surface area contributed by atoms with Crippen LogP contribution in [0.2, 0.25) is 0 Å². The molecular weight excluding hydrogens is 256 g/mol. The monoisotopic (exact) mass is 280 g/mol. The molecule has 0 spiro atoms. The second kappa shape index (κ2) is 5.53. The third-order valence-corrected chi connectivity index (χ3v) is 4.98. The van der Waals surface area contributed by atoms with Gasteiger partial charge < -0.3 is 10.6 Å². The van der Waals surface area contributed by atoms with Crippen LogP contribution >= 0.6 is 0 Å². The summed E-state index contributed by atoms with van der Waals surface area (Å²) in [7, 11) is 2.18. The molecule has 2 nitrogen and oxygen atoms in total. The fraction of sp³-hybridized carbons (Fsp3) is 0.368. The molecule has 110 valence electrons. The normalized spacial score (nSPS) is 15.8. The Morgan fingerprint density at radius 2 is 1.57 bits per heavy atom. The molecule has 1 aliphatic carbocycles. The van der Waals surface area contributed by atoms with Gasteiger partial charge in [-0.2, -0.15) is 0 Å². The Kier molecular flexibility index (Phi) is 3.73. The van der Waals surface area contributed by atoms with E-state index in [1.54, 1.807) is 0 Å². The van der Waals surface area contributed by atoms with Crippen molar-refractivity contribution in [3.05, 3.63) is 65.2 Å². The van der Waals surface area contributed by atoms with Crippen LogP contribution in [0.25, 0.3) is 0 Å². The summed E-state index contributed by atoms with van der Waals surface area (Å²) in [6, 6.07) is 17.6. The molecule has 3 rings (SSSR count). The van der Waals surface area contributed by atoms with Crippen molar-refractivity contribution < 1.29 is 0 Å². The zero-order chi connectivity index (χ0) is 14.9. The van der Waals surface area contributed by atoms with Gasteiger partial charge in [0, 0.05) is 19.3 Å². The van der Waals surface area contributed by atoms with Crippen LogP contribution in [-0.2, 0) is 19.3 Å². The van der Waals surface area contributed by atoms with Crippen LogP contribution in [0.1, 0.15) is 23.6 Å². The molecule has 1 aliphatic rings. The SMILES string of the molecule is CCc1ccc(N(C)C2(CN)Cc3ccccc3C2)cc1. The maximum Gasteiger partial charge on any atom is 0.0601 e. The topological polar surface area (TPSA) is 29.3 Å². The van der Waals surface area contributed by atoms with Crippen molar-refractivity contribution in [3.8, 4) is 0 Å². The maximum atomic E-state index is 6.20. The molecule has 2 aromatic rings. The molecule has 2 N–H and O–H groups in total. The largest absolute Gasteiger partial charge is 0.367 e. The lowest BCUT2D eigenvalue weighted by molar-refractivity contribution is 0.434. The van der Waals surface area contributed by atoms with Gasteiger partial charge >= 0.3 is 0 Å². The highest BCUT2D eigenvalue weighted by molar-refractivity contribution is 5.53. The highest BCUT2D eigenvalue weighted by Gasteiger charge is 2.39. The smallest absolute Gasteiger partial charge is 0.0601 e. The average molecular weight is 280 g/mol. The molecule has 0 aliphatic heterocycles. The van der Waals surface area contributed by atoms with Crippen molar-refractivity contribution >= 4 is 5.69 Å². The summed E-state index contributed by atoms with van der Waals surface area (Å²) in [4.78, 5) is 2.38. The Morgan fingerprint density at radius 3 is 2.05 bits per heavy atom. The van der Waals surface area contributed by atoms with E-state index in [-0.39, 0.29) is 5.54 Å². The zero-order valence-electron chi connectivity index (χ0n) is 13.0. The lowest BCUT2D eigenvalue weighted by atomic mass is 9.93. The molecule has 0 atom stereocenters. The van der Waals surface area contributed by atoms with Crippen LogP contribution in [0.15, 0.2) is 48.5 Å². The Labute approximate surface area is 127 Å². The number of likely N-dealkylation sites (N-methyl/N-ethyl adjacent to an activating group) is 1. The van der Waals surface area contributed by atoms with Gasteiger partial charge in [0.1, 0.15) is 0 Å².